The molecule has 2 amide bonds. The maximum atomic E-state index is 11.9. The maximum Gasteiger partial charge on any atom is 0.280 e. The van der Waals surface area contributed by atoms with Crippen LogP contribution in [-0.2, 0) is 17.6 Å². The van der Waals surface area contributed by atoms with Gasteiger partial charge in [0.2, 0.25) is 0 Å². The molecule has 0 radical (unpaired) electrons. The maximum absolute atomic E-state index is 11.9. The molecular formula is C14H22N3O2S+. The fourth-order valence-electron chi connectivity index (χ4n) is 2.59. The van der Waals surface area contributed by atoms with Gasteiger partial charge in [-0.1, -0.05) is 6.92 Å². The van der Waals surface area contributed by atoms with E-state index in [2.05, 4.69) is 12.2 Å². The number of thiophene rings is 1. The number of nitrogens with two attached hydrogens (primary N) is 1. The number of hydrogen-bond donors (Lipinski definition) is 3. The topological polar surface area (TPSA) is 76.6 Å². The van der Waals surface area contributed by atoms with Crippen LogP contribution in [0.15, 0.2) is 0 Å². The third kappa shape index (κ3) is 3.19. The minimum atomic E-state index is -0.440. The highest BCUT2D eigenvalue weighted by molar-refractivity contribution is 7.17. The minimum absolute atomic E-state index is 0.0841. The second kappa shape index (κ2) is 5.93. The van der Waals surface area contributed by atoms with E-state index in [1.165, 1.54) is 16.2 Å². The Bertz CT molecular complexity index is 537. The number of carbonyl (C=O) groups is 2. The lowest BCUT2D eigenvalue weighted by Gasteiger charge is -2.18. The van der Waals surface area contributed by atoms with Crippen molar-refractivity contribution in [3.8, 4) is 0 Å². The average Bonchev–Trinajstić information content (AvgIpc) is 2.64. The van der Waals surface area contributed by atoms with Gasteiger partial charge in [0.15, 0.2) is 6.54 Å². The summed E-state index contributed by atoms with van der Waals surface area (Å²) in [6, 6.07) is 0. The Balaban J connectivity index is 2.28. The average molecular weight is 296 g/mol. The van der Waals surface area contributed by atoms with Crippen LogP contribution in [0, 0.1) is 5.92 Å². The summed E-state index contributed by atoms with van der Waals surface area (Å²) in [5, 5.41) is 3.48. The van der Waals surface area contributed by atoms with Gasteiger partial charge in [0.25, 0.3) is 11.8 Å². The molecule has 0 bridgehead atoms. The summed E-state index contributed by atoms with van der Waals surface area (Å²) in [6.07, 6.45) is 2.91. The molecule has 0 fully saturated rings. The number of primary amides is 1. The molecule has 2 rings (SSSR count). The second-order valence-corrected chi connectivity index (χ2v) is 6.96. The zero-order chi connectivity index (χ0) is 14.9. The van der Waals surface area contributed by atoms with E-state index < -0.39 is 5.91 Å². The van der Waals surface area contributed by atoms with Crippen LogP contribution in [0.1, 0.15) is 34.1 Å². The molecule has 0 aromatic carbocycles. The molecule has 1 aliphatic carbocycles. The summed E-state index contributed by atoms with van der Waals surface area (Å²) in [7, 11) is 3.82. The van der Waals surface area contributed by atoms with Crippen LogP contribution in [0.2, 0.25) is 0 Å². The normalized spacial score (nSPS) is 17.9. The lowest BCUT2D eigenvalue weighted by Crippen LogP contribution is -3.06. The SMILES string of the molecule is C[C@H]1CCc2c(sc(NC(=O)C[NH+](C)C)c2C(N)=O)C1. The monoisotopic (exact) mass is 296 g/mol. The van der Waals surface area contributed by atoms with Crippen molar-refractivity contribution in [2.75, 3.05) is 26.0 Å². The first-order valence-corrected chi connectivity index (χ1v) is 7.73. The van der Waals surface area contributed by atoms with Crippen molar-refractivity contribution in [2.45, 2.75) is 26.2 Å². The number of amides is 2. The van der Waals surface area contributed by atoms with Gasteiger partial charge in [-0.3, -0.25) is 9.59 Å². The number of anilines is 1. The summed E-state index contributed by atoms with van der Waals surface area (Å²) in [6.45, 7) is 2.58. The summed E-state index contributed by atoms with van der Waals surface area (Å²) in [5.41, 5.74) is 7.08. The molecule has 1 aliphatic rings. The second-order valence-electron chi connectivity index (χ2n) is 5.85. The standard InChI is InChI=1S/C14H21N3O2S/c1-8-4-5-9-10(6-8)20-14(12(9)13(15)19)16-11(18)7-17(2)3/h8H,4-7H2,1-3H3,(H2,15,19)(H,16,18)/p+1/t8-/m0/s1. The Kier molecular flexibility index (Phi) is 4.45. The number of rotatable bonds is 4. The van der Waals surface area contributed by atoms with Crippen molar-refractivity contribution in [3.05, 3.63) is 16.0 Å². The Hall–Kier alpha value is -1.40. The molecule has 0 aliphatic heterocycles. The number of likely N-dealkylation sites (N-methyl/N-ethyl adjacent to an activating group) is 1. The predicted octanol–water partition coefficient (Wildman–Crippen LogP) is 0.0548. The van der Waals surface area contributed by atoms with Gasteiger partial charge in [-0.15, -0.1) is 11.3 Å². The Labute approximate surface area is 123 Å². The first kappa shape index (κ1) is 15.0. The van der Waals surface area contributed by atoms with Crippen LogP contribution in [0.3, 0.4) is 0 Å². The molecule has 0 spiro atoms. The molecule has 0 saturated heterocycles. The molecule has 6 heteroatoms. The van der Waals surface area contributed by atoms with E-state index in [0.29, 0.717) is 23.0 Å². The van der Waals surface area contributed by atoms with E-state index in [1.54, 1.807) is 0 Å². The molecule has 0 unspecified atom stereocenters. The third-order valence-electron chi connectivity index (χ3n) is 3.53. The molecule has 1 aromatic heterocycles. The predicted molar refractivity (Wildman–Crippen MR) is 80.3 cm³/mol. The van der Waals surface area contributed by atoms with E-state index in [0.717, 1.165) is 29.7 Å². The van der Waals surface area contributed by atoms with Crippen molar-refractivity contribution >= 4 is 28.2 Å². The van der Waals surface area contributed by atoms with Crippen molar-refractivity contribution in [2.24, 2.45) is 11.7 Å². The number of quaternary nitrogens is 1. The lowest BCUT2D eigenvalue weighted by atomic mass is 9.88. The molecule has 1 aromatic rings. The van der Waals surface area contributed by atoms with E-state index in [-0.39, 0.29) is 5.91 Å². The quantitative estimate of drug-likeness (QED) is 0.734. The van der Waals surface area contributed by atoms with Crippen LogP contribution in [0.25, 0.3) is 0 Å². The summed E-state index contributed by atoms with van der Waals surface area (Å²) >= 11 is 1.51. The van der Waals surface area contributed by atoms with Gasteiger partial charge in [-0.2, -0.15) is 0 Å². The van der Waals surface area contributed by atoms with Crippen LogP contribution in [-0.4, -0.2) is 32.5 Å². The zero-order valence-electron chi connectivity index (χ0n) is 12.2. The third-order valence-corrected chi connectivity index (χ3v) is 4.69. The zero-order valence-corrected chi connectivity index (χ0v) is 13.0. The molecule has 20 heavy (non-hydrogen) atoms. The molecular weight excluding hydrogens is 274 g/mol. The molecule has 0 saturated carbocycles. The highest BCUT2D eigenvalue weighted by atomic mass is 32.1. The largest absolute Gasteiger partial charge is 0.365 e. The van der Waals surface area contributed by atoms with Crippen LogP contribution in [0.4, 0.5) is 5.00 Å². The van der Waals surface area contributed by atoms with Crippen LogP contribution >= 0.6 is 11.3 Å². The van der Waals surface area contributed by atoms with Gasteiger partial charge in [-0.25, -0.2) is 0 Å². The first-order chi connectivity index (χ1) is 9.38. The van der Waals surface area contributed by atoms with Crippen LogP contribution in [0.5, 0.6) is 0 Å². The highest BCUT2D eigenvalue weighted by Crippen LogP contribution is 2.39. The van der Waals surface area contributed by atoms with E-state index >= 15 is 0 Å². The number of hydrogen-bond acceptors (Lipinski definition) is 3. The van der Waals surface area contributed by atoms with Gasteiger partial charge in [0.05, 0.1) is 19.7 Å². The molecule has 110 valence electrons. The summed E-state index contributed by atoms with van der Waals surface area (Å²) in [4.78, 5) is 25.8. The molecule has 4 N–H and O–H groups in total. The highest BCUT2D eigenvalue weighted by Gasteiger charge is 2.27. The van der Waals surface area contributed by atoms with E-state index in [4.69, 9.17) is 5.73 Å². The van der Waals surface area contributed by atoms with Gasteiger partial charge in [0, 0.05) is 4.88 Å². The molecule has 1 heterocycles. The van der Waals surface area contributed by atoms with Crippen molar-refractivity contribution in [3.63, 3.8) is 0 Å². The Morgan fingerprint density at radius 1 is 1.45 bits per heavy atom. The van der Waals surface area contributed by atoms with Crippen molar-refractivity contribution < 1.29 is 14.5 Å². The molecule has 1 atom stereocenters. The van der Waals surface area contributed by atoms with E-state index in [1.807, 2.05) is 14.1 Å². The minimum Gasteiger partial charge on any atom is -0.365 e. The molecule has 5 nitrogen and oxygen atoms in total. The Morgan fingerprint density at radius 3 is 2.75 bits per heavy atom. The van der Waals surface area contributed by atoms with Crippen molar-refractivity contribution in [1.82, 2.24) is 0 Å². The lowest BCUT2D eigenvalue weighted by molar-refractivity contribution is -0.849. The van der Waals surface area contributed by atoms with Gasteiger partial charge in [-0.05, 0) is 30.7 Å². The Morgan fingerprint density at radius 2 is 2.15 bits per heavy atom. The number of fused-ring (bicyclic) bond motifs is 1. The number of carbonyl (C=O) groups excluding carboxylic acids is 2. The van der Waals surface area contributed by atoms with Crippen LogP contribution < -0.4 is 16.0 Å². The summed E-state index contributed by atoms with van der Waals surface area (Å²) < 4.78 is 0. The van der Waals surface area contributed by atoms with Gasteiger partial charge < -0.3 is 16.0 Å². The smallest absolute Gasteiger partial charge is 0.280 e. The fourth-order valence-corrected chi connectivity index (χ4v) is 4.02. The van der Waals surface area contributed by atoms with Crippen molar-refractivity contribution in [1.29, 1.82) is 0 Å². The summed E-state index contributed by atoms with van der Waals surface area (Å²) in [5.74, 6) is 0.0975. The fraction of sp³-hybridized carbons (Fsp3) is 0.571. The first-order valence-electron chi connectivity index (χ1n) is 6.91. The van der Waals surface area contributed by atoms with Gasteiger partial charge >= 0.3 is 0 Å². The van der Waals surface area contributed by atoms with Gasteiger partial charge in [0.1, 0.15) is 5.00 Å². The van der Waals surface area contributed by atoms with E-state index in [9.17, 15) is 9.59 Å². The number of nitrogens with one attached hydrogen (secondary N) is 2.